The van der Waals surface area contributed by atoms with Crippen molar-refractivity contribution in [2.75, 3.05) is 6.61 Å². The molecule has 1 saturated carbocycles. The van der Waals surface area contributed by atoms with E-state index in [9.17, 15) is 4.79 Å². The Kier molecular flexibility index (Phi) is 5.56. The van der Waals surface area contributed by atoms with E-state index in [4.69, 9.17) is 9.84 Å². The van der Waals surface area contributed by atoms with Crippen molar-refractivity contribution in [3.63, 3.8) is 0 Å². The third-order valence-electron chi connectivity index (χ3n) is 3.67. The maximum absolute atomic E-state index is 12.1. The molecule has 0 spiro atoms. The van der Waals surface area contributed by atoms with E-state index in [1.807, 2.05) is 30.3 Å². The fourth-order valence-corrected chi connectivity index (χ4v) is 2.23. The van der Waals surface area contributed by atoms with Crippen LogP contribution < -0.4 is 5.32 Å². The van der Waals surface area contributed by atoms with Crippen molar-refractivity contribution in [1.29, 1.82) is 0 Å². The van der Waals surface area contributed by atoms with Crippen LogP contribution in [0.1, 0.15) is 31.7 Å². The summed E-state index contributed by atoms with van der Waals surface area (Å²) in [5.74, 6) is 0.443. The minimum atomic E-state index is -0.477. The number of carbonyl (C=O) groups is 1. The maximum Gasteiger partial charge on any atom is 0.249 e. The van der Waals surface area contributed by atoms with Crippen molar-refractivity contribution >= 4 is 5.91 Å². The first kappa shape index (κ1) is 15.0. The van der Waals surface area contributed by atoms with Gasteiger partial charge in [0.1, 0.15) is 6.10 Å². The van der Waals surface area contributed by atoms with Crippen LogP contribution in [0, 0.1) is 5.92 Å². The molecule has 0 saturated heterocycles. The minimum Gasteiger partial charge on any atom is -0.396 e. The number of nitrogens with one attached hydrogen (secondary N) is 1. The second-order valence-corrected chi connectivity index (χ2v) is 5.40. The van der Waals surface area contributed by atoms with E-state index in [-0.39, 0.29) is 18.6 Å². The predicted molar refractivity (Wildman–Crippen MR) is 77.1 cm³/mol. The summed E-state index contributed by atoms with van der Waals surface area (Å²) in [6.07, 6.45) is 2.44. The van der Waals surface area contributed by atoms with Gasteiger partial charge in [-0.3, -0.25) is 4.79 Å². The van der Waals surface area contributed by atoms with Crippen LogP contribution in [0.15, 0.2) is 30.3 Å². The molecule has 1 amide bonds. The first-order valence-electron chi connectivity index (χ1n) is 7.27. The van der Waals surface area contributed by atoms with Crippen molar-refractivity contribution in [2.24, 2.45) is 5.92 Å². The molecule has 2 N–H and O–H groups in total. The van der Waals surface area contributed by atoms with Crippen LogP contribution in [0.2, 0.25) is 0 Å². The summed E-state index contributed by atoms with van der Waals surface area (Å²) in [5, 5.41) is 12.0. The molecule has 0 aromatic heterocycles. The molecule has 0 bridgehead atoms. The molecule has 1 aromatic rings. The summed E-state index contributed by atoms with van der Waals surface area (Å²) in [5.41, 5.74) is 1.06. The van der Waals surface area contributed by atoms with Gasteiger partial charge in [-0.1, -0.05) is 30.3 Å². The Bertz CT molecular complexity index is 417. The minimum absolute atomic E-state index is 0.0914. The highest BCUT2D eigenvalue weighted by molar-refractivity contribution is 5.80. The zero-order valence-corrected chi connectivity index (χ0v) is 11.9. The van der Waals surface area contributed by atoms with Crippen molar-refractivity contribution < 1.29 is 14.6 Å². The van der Waals surface area contributed by atoms with Crippen molar-refractivity contribution in [1.82, 2.24) is 5.32 Å². The monoisotopic (exact) mass is 277 g/mol. The van der Waals surface area contributed by atoms with Crippen LogP contribution >= 0.6 is 0 Å². The SMILES string of the molecule is CC(OCc1ccccc1)C(=O)NC(CCO)C1CC1. The molecule has 2 unspecified atom stereocenters. The Balaban J connectivity index is 1.76. The highest BCUT2D eigenvalue weighted by atomic mass is 16.5. The summed E-state index contributed by atoms with van der Waals surface area (Å²) < 4.78 is 5.59. The lowest BCUT2D eigenvalue weighted by Gasteiger charge is -2.20. The van der Waals surface area contributed by atoms with Crippen LogP contribution in [0.4, 0.5) is 0 Å². The Labute approximate surface area is 120 Å². The number of amides is 1. The van der Waals surface area contributed by atoms with Gasteiger partial charge in [0.05, 0.1) is 6.61 Å². The Morgan fingerprint density at radius 3 is 2.70 bits per heavy atom. The molecule has 1 aromatic carbocycles. The molecule has 0 heterocycles. The summed E-state index contributed by atoms with van der Waals surface area (Å²) >= 11 is 0. The normalized spacial score (nSPS) is 17.5. The smallest absolute Gasteiger partial charge is 0.249 e. The molecule has 0 aliphatic heterocycles. The largest absolute Gasteiger partial charge is 0.396 e. The van der Waals surface area contributed by atoms with E-state index in [1.54, 1.807) is 6.92 Å². The molecule has 2 atom stereocenters. The van der Waals surface area contributed by atoms with Crippen LogP contribution in [-0.4, -0.2) is 29.8 Å². The lowest BCUT2D eigenvalue weighted by atomic mass is 10.1. The Morgan fingerprint density at radius 1 is 1.40 bits per heavy atom. The van der Waals surface area contributed by atoms with Crippen LogP contribution in [0.5, 0.6) is 0 Å². The highest BCUT2D eigenvalue weighted by Crippen LogP contribution is 2.33. The van der Waals surface area contributed by atoms with Crippen molar-refractivity contribution in [3.8, 4) is 0 Å². The van der Waals surface area contributed by atoms with Crippen LogP contribution in [0.3, 0.4) is 0 Å². The molecule has 20 heavy (non-hydrogen) atoms. The number of aliphatic hydroxyl groups excluding tert-OH is 1. The van der Waals surface area contributed by atoms with Gasteiger partial charge >= 0.3 is 0 Å². The molecular formula is C16H23NO3. The average molecular weight is 277 g/mol. The van der Waals surface area contributed by atoms with Gasteiger partial charge in [-0.25, -0.2) is 0 Å². The van der Waals surface area contributed by atoms with Gasteiger partial charge < -0.3 is 15.2 Å². The summed E-state index contributed by atoms with van der Waals surface area (Å²) in [7, 11) is 0. The number of ether oxygens (including phenoxy) is 1. The van der Waals surface area contributed by atoms with E-state index >= 15 is 0 Å². The van der Waals surface area contributed by atoms with Gasteiger partial charge in [-0.05, 0) is 37.7 Å². The van der Waals surface area contributed by atoms with Crippen molar-refractivity contribution in [3.05, 3.63) is 35.9 Å². The number of carbonyl (C=O) groups excluding carboxylic acids is 1. The first-order valence-corrected chi connectivity index (χ1v) is 7.27. The van der Waals surface area contributed by atoms with Gasteiger partial charge in [0.25, 0.3) is 0 Å². The topological polar surface area (TPSA) is 58.6 Å². The molecular weight excluding hydrogens is 254 g/mol. The van der Waals surface area contributed by atoms with Gasteiger partial charge in [0, 0.05) is 12.6 Å². The maximum atomic E-state index is 12.1. The molecule has 1 aliphatic rings. The third-order valence-corrected chi connectivity index (χ3v) is 3.67. The van der Waals surface area contributed by atoms with Crippen LogP contribution in [0.25, 0.3) is 0 Å². The van der Waals surface area contributed by atoms with E-state index in [0.717, 1.165) is 18.4 Å². The summed E-state index contributed by atoms with van der Waals surface area (Å²) in [6.45, 7) is 2.31. The molecule has 110 valence electrons. The van der Waals surface area contributed by atoms with E-state index in [0.29, 0.717) is 18.9 Å². The zero-order valence-electron chi connectivity index (χ0n) is 11.9. The molecule has 1 aliphatic carbocycles. The van der Waals surface area contributed by atoms with E-state index in [1.165, 1.54) is 0 Å². The lowest BCUT2D eigenvalue weighted by Crippen LogP contribution is -2.42. The first-order chi connectivity index (χ1) is 9.70. The van der Waals surface area contributed by atoms with Gasteiger partial charge in [-0.15, -0.1) is 0 Å². The second kappa shape index (κ2) is 7.41. The molecule has 4 nitrogen and oxygen atoms in total. The highest BCUT2D eigenvalue weighted by Gasteiger charge is 2.32. The van der Waals surface area contributed by atoms with Crippen LogP contribution in [-0.2, 0) is 16.1 Å². The number of rotatable bonds is 8. The standard InChI is InChI=1S/C16H23NO3/c1-12(20-11-13-5-3-2-4-6-13)16(19)17-15(9-10-18)14-7-8-14/h2-6,12,14-15,18H,7-11H2,1H3,(H,17,19). The van der Waals surface area contributed by atoms with E-state index in [2.05, 4.69) is 5.32 Å². The summed E-state index contributed by atoms with van der Waals surface area (Å²) in [4.78, 5) is 12.1. The van der Waals surface area contributed by atoms with Gasteiger partial charge in [0.15, 0.2) is 0 Å². The number of hydrogen-bond donors (Lipinski definition) is 2. The fraction of sp³-hybridized carbons (Fsp3) is 0.562. The molecule has 2 rings (SSSR count). The fourth-order valence-electron chi connectivity index (χ4n) is 2.23. The predicted octanol–water partition coefficient (Wildman–Crippen LogP) is 1.87. The quantitative estimate of drug-likeness (QED) is 0.762. The zero-order chi connectivity index (χ0) is 14.4. The van der Waals surface area contributed by atoms with E-state index < -0.39 is 6.10 Å². The molecule has 1 fully saturated rings. The second-order valence-electron chi connectivity index (χ2n) is 5.40. The molecule has 4 heteroatoms. The summed E-state index contributed by atoms with van der Waals surface area (Å²) in [6, 6.07) is 9.90. The number of benzene rings is 1. The Morgan fingerprint density at radius 2 is 2.10 bits per heavy atom. The lowest BCUT2D eigenvalue weighted by molar-refractivity contribution is -0.133. The number of hydrogen-bond acceptors (Lipinski definition) is 3. The number of aliphatic hydroxyl groups is 1. The van der Waals surface area contributed by atoms with Gasteiger partial charge in [-0.2, -0.15) is 0 Å². The third kappa shape index (κ3) is 4.62. The Hall–Kier alpha value is -1.39. The molecule has 0 radical (unpaired) electrons. The average Bonchev–Trinajstić information content (AvgIpc) is 3.30. The van der Waals surface area contributed by atoms with Crippen molar-refractivity contribution in [2.45, 2.75) is 44.9 Å². The van der Waals surface area contributed by atoms with Gasteiger partial charge in [0.2, 0.25) is 5.91 Å².